The molecule has 0 bridgehead atoms. The monoisotopic (exact) mass is 362 g/mol. The molecule has 6 heteroatoms. The standard InChI is InChI=1S/C20H34N4O2/c21-13-7-1-3-9-15-24(16-10-4-2-8-14-22)20(26)18-12-6-5-11-17(18)19(23)25/h5-6,11-12H,1-4,7-10,13-16,21-22H2,(H2,23,25). The third-order valence-electron chi connectivity index (χ3n) is 4.47. The quantitative estimate of drug-likeness (QED) is 0.440. The van der Waals surface area contributed by atoms with Crippen LogP contribution in [-0.4, -0.2) is 42.9 Å². The fourth-order valence-corrected chi connectivity index (χ4v) is 2.97. The Balaban J connectivity index is 2.72. The van der Waals surface area contributed by atoms with Crippen molar-refractivity contribution in [1.82, 2.24) is 4.90 Å². The number of nitrogens with zero attached hydrogens (tertiary/aromatic N) is 1. The molecule has 0 aromatic heterocycles. The van der Waals surface area contributed by atoms with Gasteiger partial charge in [-0.2, -0.15) is 0 Å². The van der Waals surface area contributed by atoms with Gasteiger partial charge in [0.25, 0.3) is 5.91 Å². The maximum Gasteiger partial charge on any atom is 0.254 e. The molecule has 0 saturated carbocycles. The number of hydrogen-bond donors (Lipinski definition) is 3. The van der Waals surface area contributed by atoms with Gasteiger partial charge in [-0.3, -0.25) is 9.59 Å². The largest absolute Gasteiger partial charge is 0.366 e. The molecule has 0 aliphatic carbocycles. The maximum atomic E-state index is 13.0. The summed E-state index contributed by atoms with van der Waals surface area (Å²) in [4.78, 5) is 26.5. The molecule has 6 nitrogen and oxygen atoms in total. The van der Waals surface area contributed by atoms with Gasteiger partial charge in [0.15, 0.2) is 0 Å². The fraction of sp³-hybridized carbons (Fsp3) is 0.600. The van der Waals surface area contributed by atoms with Gasteiger partial charge in [-0.25, -0.2) is 0 Å². The van der Waals surface area contributed by atoms with E-state index >= 15 is 0 Å². The molecule has 1 aromatic rings. The van der Waals surface area contributed by atoms with Crippen LogP contribution in [0.3, 0.4) is 0 Å². The Morgan fingerprint density at radius 1 is 0.731 bits per heavy atom. The van der Waals surface area contributed by atoms with E-state index in [-0.39, 0.29) is 11.5 Å². The summed E-state index contributed by atoms with van der Waals surface area (Å²) < 4.78 is 0. The van der Waals surface area contributed by atoms with E-state index in [1.807, 2.05) is 4.90 Å². The first-order valence-electron chi connectivity index (χ1n) is 9.70. The zero-order chi connectivity index (χ0) is 19.2. The molecule has 26 heavy (non-hydrogen) atoms. The summed E-state index contributed by atoms with van der Waals surface area (Å²) in [7, 11) is 0. The number of amides is 2. The van der Waals surface area contributed by atoms with Crippen LogP contribution in [0.15, 0.2) is 24.3 Å². The van der Waals surface area contributed by atoms with Crippen LogP contribution in [-0.2, 0) is 0 Å². The Morgan fingerprint density at radius 2 is 1.19 bits per heavy atom. The summed E-state index contributed by atoms with van der Waals surface area (Å²) in [5.74, 6) is -0.683. The minimum absolute atomic E-state index is 0.114. The first-order chi connectivity index (χ1) is 12.6. The van der Waals surface area contributed by atoms with Crippen molar-refractivity contribution in [3.05, 3.63) is 35.4 Å². The summed E-state index contributed by atoms with van der Waals surface area (Å²) in [6.45, 7) is 2.78. The third-order valence-corrected chi connectivity index (χ3v) is 4.47. The zero-order valence-electron chi connectivity index (χ0n) is 15.8. The first kappa shape index (κ1) is 22.1. The third kappa shape index (κ3) is 7.97. The van der Waals surface area contributed by atoms with Crippen molar-refractivity contribution in [1.29, 1.82) is 0 Å². The van der Waals surface area contributed by atoms with Crippen molar-refractivity contribution < 1.29 is 9.59 Å². The number of carbonyl (C=O) groups is 2. The molecule has 146 valence electrons. The van der Waals surface area contributed by atoms with E-state index in [1.165, 1.54) is 0 Å². The van der Waals surface area contributed by atoms with Gasteiger partial charge >= 0.3 is 0 Å². The van der Waals surface area contributed by atoms with E-state index in [2.05, 4.69) is 0 Å². The van der Waals surface area contributed by atoms with Gasteiger partial charge in [-0.15, -0.1) is 0 Å². The van der Waals surface area contributed by atoms with Gasteiger partial charge in [0, 0.05) is 13.1 Å². The Kier molecular flexibility index (Phi) is 11.3. The van der Waals surface area contributed by atoms with Crippen molar-refractivity contribution in [3.63, 3.8) is 0 Å². The molecule has 0 spiro atoms. The Labute approximate surface area is 157 Å². The normalized spacial score (nSPS) is 10.7. The van der Waals surface area contributed by atoms with Crippen molar-refractivity contribution in [2.75, 3.05) is 26.2 Å². The summed E-state index contributed by atoms with van der Waals surface area (Å²) in [5.41, 5.74) is 17.2. The molecule has 1 aromatic carbocycles. The molecular weight excluding hydrogens is 328 g/mol. The van der Waals surface area contributed by atoms with Crippen LogP contribution in [0.2, 0.25) is 0 Å². The van der Waals surface area contributed by atoms with Crippen molar-refractivity contribution in [3.8, 4) is 0 Å². The highest BCUT2D eigenvalue weighted by atomic mass is 16.2. The molecular formula is C20H34N4O2. The van der Waals surface area contributed by atoms with E-state index in [4.69, 9.17) is 17.2 Å². The highest BCUT2D eigenvalue weighted by molar-refractivity contribution is 6.06. The number of primary amides is 1. The lowest BCUT2D eigenvalue weighted by Crippen LogP contribution is -2.34. The number of carbonyl (C=O) groups excluding carboxylic acids is 2. The molecule has 0 saturated heterocycles. The van der Waals surface area contributed by atoms with Crippen LogP contribution in [0.25, 0.3) is 0 Å². The second kappa shape index (κ2) is 13.3. The molecule has 2 amide bonds. The summed E-state index contributed by atoms with van der Waals surface area (Å²) >= 11 is 0. The smallest absolute Gasteiger partial charge is 0.254 e. The second-order valence-electron chi connectivity index (χ2n) is 6.61. The van der Waals surface area contributed by atoms with E-state index in [0.717, 1.165) is 51.4 Å². The van der Waals surface area contributed by atoms with Crippen LogP contribution in [0.1, 0.15) is 72.1 Å². The van der Waals surface area contributed by atoms with Gasteiger partial charge in [0.2, 0.25) is 5.91 Å². The van der Waals surface area contributed by atoms with Gasteiger partial charge in [-0.05, 0) is 50.9 Å². The molecule has 0 unspecified atom stereocenters. The number of unbranched alkanes of at least 4 members (excludes halogenated alkanes) is 6. The van der Waals surface area contributed by atoms with E-state index in [9.17, 15) is 9.59 Å². The summed E-state index contributed by atoms with van der Waals surface area (Å²) in [6, 6.07) is 6.77. The highest BCUT2D eigenvalue weighted by Gasteiger charge is 2.20. The molecule has 0 aliphatic rings. The van der Waals surface area contributed by atoms with Crippen LogP contribution in [0, 0.1) is 0 Å². The van der Waals surface area contributed by atoms with E-state index in [1.54, 1.807) is 24.3 Å². The predicted octanol–water partition coefficient (Wildman–Crippen LogP) is 2.27. The number of nitrogens with two attached hydrogens (primary N) is 3. The molecule has 0 heterocycles. The van der Waals surface area contributed by atoms with Gasteiger partial charge in [-0.1, -0.05) is 37.8 Å². The van der Waals surface area contributed by atoms with Crippen LogP contribution >= 0.6 is 0 Å². The number of hydrogen-bond acceptors (Lipinski definition) is 4. The molecule has 6 N–H and O–H groups in total. The first-order valence-corrected chi connectivity index (χ1v) is 9.70. The topological polar surface area (TPSA) is 115 Å². The van der Waals surface area contributed by atoms with Crippen molar-refractivity contribution in [2.24, 2.45) is 17.2 Å². The summed E-state index contributed by atoms with van der Waals surface area (Å²) in [5, 5.41) is 0. The molecule has 0 atom stereocenters. The average molecular weight is 363 g/mol. The van der Waals surface area contributed by atoms with Crippen molar-refractivity contribution in [2.45, 2.75) is 51.4 Å². The van der Waals surface area contributed by atoms with E-state index < -0.39 is 5.91 Å². The van der Waals surface area contributed by atoms with Crippen LogP contribution in [0.5, 0.6) is 0 Å². The summed E-state index contributed by atoms with van der Waals surface area (Å²) in [6.07, 6.45) is 8.15. The molecule has 0 radical (unpaired) electrons. The lowest BCUT2D eigenvalue weighted by molar-refractivity contribution is 0.0744. The molecule has 1 rings (SSSR count). The average Bonchev–Trinajstić information content (AvgIpc) is 2.65. The Hall–Kier alpha value is -1.92. The van der Waals surface area contributed by atoms with Gasteiger partial charge in [0.1, 0.15) is 0 Å². The van der Waals surface area contributed by atoms with Crippen molar-refractivity contribution >= 4 is 11.8 Å². The molecule has 0 fully saturated rings. The lowest BCUT2D eigenvalue weighted by atomic mass is 10.0. The van der Waals surface area contributed by atoms with Crippen LogP contribution in [0.4, 0.5) is 0 Å². The van der Waals surface area contributed by atoms with Crippen LogP contribution < -0.4 is 17.2 Å². The fourth-order valence-electron chi connectivity index (χ4n) is 2.97. The lowest BCUT2D eigenvalue weighted by Gasteiger charge is -2.24. The minimum atomic E-state index is -0.570. The van der Waals surface area contributed by atoms with E-state index in [0.29, 0.717) is 31.7 Å². The predicted molar refractivity (Wildman–Crippen MR) is 106 cm³/mol. The maximum absolute atomic E-state index is 13.0. The number of benzene rings is 1. The number of rotatable bonds is 14. The Morgan fingerprint density at radius 3 is 1.65 bits per heavy atom. The molecule has 0 aliphatic heterocycles. The van der Waals surface area contributed by atoms with Gasteiger partial charge < -0.3 is 22.1 Å². The van der Waals surface area contributed by atoms with Gasteiger partial charge in [0.05, 0.1) is 11.1 Å². The minimum Gasteiger partial charge on any atom is -0.366 e. The second-order valence-corrected chi connectivity index (χ2v) is 6.61. The SMILES string of the molecule is NCCCCCCN(CCCCCCN)C(=O)c1ccccc1C(N)=O. The zero-order valence-corrected chi connectivity index (χ0v) is 15.8. The Bertz CT molecular complexity index is 534. The highest BCUT2D eigenvalue weighted by Crippen LogP contribution is 2.14.